The number of aromatic nitrogens is 1. The van der Waals surface area contributed by atoms with E-state index in [2.05, 4.69) is 4.98 Å². The molecule has 0 spiro atoms. The number of nitrogens with zero attached hydrogens (tertiary/aromatic N) is 1. The van der Waals surface area contributed by atoms with Crippen LogP contribution in [0.1, 0.15) is 25.7 Å². The fourth-order valence-electron chi connectivity index (χ4n) is 2.06. The number of ether oxygens (including phenoxy) is 1. The highest BCUT2D eigenvalue weighted by atomic mass is 35.7. The Morgan fingerprint density at radius 1 is 1.10 bits per heavy atom. The molecule has 0 N–H and O–H groups in total. The minimum atomic E-state index is -3.35. The molecule has 1 aromatic heterocycles. The first-order chi connectivity index (χ1) is 10.0. The van der Waals surface area contributed by atoms with Gasteiger partial charge >= 0.3 is 0 Å². The largest absolute Gasteiger partial charge is 0.494 e. The summed E-state index contributed by atoms with van der Waals surface area (Å²) >= 11 is 0. The summed E-state index contributed by atoms with van der Waals surface area (Å²) < 4.78 is 27.2. The average molecular weight is 328 g/mol. The molecule has 0 aliphatic rings. The fourth-order valence-corrected chi connectivity index (χ4v) is 2.93. The Labute approximate surface area is 129 Å². The van der Waals surface area contributed by atoms with E-state index in [0.29, 0.717) is 13.0 Å². The molecule has 1 heterocycles. The van der Waals surface area contributed by atoms with Crippen molar-refractivity contribution in [2.45, 2.75) is 25.7 Å². The van der Waals surface area contributed by atoms with Gasteiger partial charge in [0.2, 0.25) is 9.05 Å². The van der Waals surface area contributed by atoms with Gasteiger partial charge in [-0.3, -0.25) is 4.98 Å². The van der Waals surface area contributed by atoms with Crippen LogP contribution in [0.25, 0.3) is 10.9 Å². The summed E-state index contributed by atoms with van der Waals surface area (Å²) in [5.41, 5.74) is 0.919. The predicted octanol–water partition coefficient (Wildman–Crippen LogP) is 3.74. The summed E-state index contributed by atoms with van der Waals surface area (Å²) in [6, 6.07) is 9.77. The van der Waals surface area contributed by atoms with Crippen LogP contribution in [0.3, 0.4) is 0 Å². The lowest BCUT2D eigenvalue weighted by atomic mass is 10.2. The second-order valence-corrected chi connectivity index (χ2v) is 7.76. The molecule has 0 bridgehead atoms. The molecule has 0 aliphatic carbocycles. The van der Waals surface area contributed by atoms with Crippen molar-refractivity contribution in [3.63, 3.8) is 0 Å². The molecule has 0 saturated heterocycles. The van der Waals surface area contributed by atoms with Crippen molar-refractivity contribution in [3.05, 3.63) is 36.5 Å². The first-order valence-corrected chi connectivity index (χ1v) is 9.42. The molecule has 114 valence electrons. The molecule has 0 aliphatic heterocycles. The summed E-state index contributed by atoms with van der Waals surface area (Å²) in [7, 11) is 1.80. The number of pyridine rings is 1. The van der Waals surface area contributed by atoms with Gasteiger partial charge in [0.25, 0.3) is 0 Å². The van der Waals surface area contributed by atoms with Crippen molar-refractivity contribution in [2.24, 2.45) is 0 Å². The van der Waals surface area contributed by atoms with Gasteiger partial charge in [0.05, 0.1) is 17.9 Å². The molecule has 0 amide bonds. The van der Waals surface area contributed by atoms with Gasteiger partial charge in [-0.25, -0.2) is 8.42 Å². The normalized spacial score (nSPS) is 11.7. The van der Waals surface area contributed by atoms with Crippen LogP contribution in [-0.4, -0.2) is 25.8 Å². The van der Waals surface area contributed by atoms with Crippen LogP contribution < -0.4 is 4.74 Å². The maximum Gasteiger partial charge on any atom is 0.232 e. The van der Waals surface area contributed by atoms with E-state index in [4.69, 9.17) is 15.4 Å². The summed E-state index contributed by atoms with van der Waals surface area (Å²) in [4.78, 5) is 4.28. The van der Waals surface area contributed by atoms with E-state index >= 15 is 0 Å². The molecule has 21 heavy (non-hydrogen) atoms. The number of rotatable bonds is 8. The molecular formula is C15H18ClNO3S. The van der Waals surface area contributed by atoms with E-state index in [1.54, 1.807) is 6.20 Å². The lowest BCUT2D eigenvalue weighted by Gasteiger charge is -2.06. The first kappa shape index (κ1) is 16.0. The molecular weight excluding hydrogens is 310 g/mol. The monoisotopic (exact) mass is 327 g/mol. The fraction of sp³-hybridized carbons (Fsp3) is 0.400. The molecule has 0 saturated carbocycles. The van der Waals surface area contributed by atoms with Gasteiger partial charge in [-0.15, -0.1) is 0 Å². The van der Waals surface area contributed by atoms with Crippen LogP contribution in [0.2, 0.25) is 0 Å². The number of hydrogen-bond acceptors (Lipinski definition) is 4. The summed E-state index contributed by atoms with van der Waals surface area (Å²) in [5.74, 6) is 0.857. The standard InChI is InChI=1S/C15H18ClNO3S/c16-21(18,19)11-4-2-1-3-10-20-14-8-7-13-6-5-9-17-15(13)12-14/h5-9,12H,1-4,10-11H2. The van der Waals surface area contributed by atoms with Crippen LogP contribution >= 0.6 is 10.7 Å². The highest BCUT2D eigenvalue weighted by Crippen LogP contribution is 2.19. The minimum absolute atomic E-state index is 0.0474. The van der Waals surface area contributed by atoms with Crippen LogP contribution in [0.5, 0.6) is 5.75 Å². The third-order valence-electron chi connectivity index (χ3n) is 3.13. The molecule has 1 aromatic carbocycles. The summed E-state index contributed by atoms with van der Waals surface area (Å²) in [6.07, 6.45) is 5.03. The van der Waals surface area contributed by atoms with Crippen LogP contribution in [-0.2, 0) is 9.05 Å². The first-order valence-electron chi connectivity index (χ1n) is 6.94. The molecule has 6 heteroatoms. The van der Waals surface area contributed by atoms with Crippen molar-refractivity contribution in [1.82, 2.24) is 4.98 Å². The van der Waals surface area contributed by atoms with Gasteiger partial charge in [-0.1, -0.05) is 18.9 Å². The second-order valence-electron chi connectivity index (χ2n) is 4.86. The van der Waals surface area contributed by atoms with Gasteiger partial charge in [-0.2, -0.15) is 0 Å². The smallest absolute Gasteiger partial charge is 0.232 e. The maximum absolute atomic E-state index is 10.7. The maximum atomic E-state index is 10.7. The lowest BCUT2D eigenvalue weighted by molar-refractivity contribution is 0.305. The van der Waals surface area contributed by atoms with Gasteiger partial charge in [0.1, 0.15) is 5.75 Å². The van der Waals surface area contributed by atoms with E-state index in [1.807, 2.05) is 30.3 Å². The molecule has 0 atom stereocenters. The van der Waals surface area contributed by atoms with Crippen LogP contribution in [0.15, 0.2) is 36.5 Å². The molecule has 0 fully saturated rings. The zero-order valence-corrected chi connectivity index (χ0v) is 13.2. The number of benzene rings is 1. The van der Waals surface area contributed by atoms with E-state index in [9.17, 15) is 8.42 Å². The van der Waals surface area contributed by atoms with Crippen molar-refractivity contribution >= 4 is 30.6 Å². The third-order valence-corrected chi connectivity index (χ3v) is 4.37. The third kappa shape index (κ3) is 5.89. The zero-order valence-electron chi connectivity index (χ0n) is 11.7. The van der Waals surface area contributed by atoms with Gasteiger partial charge in [-0.05, 0) is 31.0 Å². The Bertz CT molecular complexity index is 688. The van der Waals surface area contributed by atoms with Crippen molar-refractivity contribution < 1.29 is 13.2 Å². The molecule has 2 rings (SSSR count). The topological polar surface area (TPSA) is 56.3 Å². The van der Waals surface area contributed by atoms with Crippen molar-refractivity contribution in [3.8, 4) is 5.75 Å². The predicted molar refractivity (Wildman–Crippen MR) is 85.3 cm³/mol. The van der Waals surface area contributed by atoms with E-state index in [0.717, 1.165) is 35.9 Å². The highest BCUT2D eigenvalue weighted by molar-refractivity contribution is 8.13. The minimum Gasteiger partial charge on any atom is -0.494 e. The Morgan fingerprint density at radius 2 is 1.90 bits per heavy atom. The number of unbranched alkanes of at least 4 members (excludes halogenated alkanes) is 3. The van der Waals surface area contributed by atoms with Crippen molar-refractivity contribution in [1.29, 1.82) is 0 Å². The van der Waals surface area contributed by atoms with Gasteiger partial charge in [0, 0.05) is 28.3 Å². The van der Waals surface area contributed by atoms with Crippen LogP contribution in [0.4, 0.5) is 0 Å². The Balaban J connectivity index is 1.68. The quantitative estimate of drug-likeness (QED) is 0.547. The molecule has 2 aromatic rings. The lowest BCUT2D eigenvalue weighted by Crippen LogP contribution is -1.99. The van der Waals surface area contributed by atoms with Crippen LogP contribution in [0, 0.1) is 0 Å². The Kier molecular flexibility index (Phi) is 5.82. The van der Waals surface area contributed by atoms with E-state index in [1.165, 1.54) is 0 Å². The Morgan fingerprint density at radius 3 is 2.71 bits per heavy atom. The summed E-state index contributed by atoms with van der Waals surface area (Å²) in [6.45, 7) is 0.617. The second kappa shape index (κ2) is 7.61. The molecule has 4 nitrogen and oxygen atoms in total. The van der Waals surface area contributed by atoms with E-state index < -0.39 is 9.05 Å². The zero-order chi connectivity index (χ0) is 15.1. The van der Waals surface area contributed by atoms with Gasteiger partial charge in [0.15, 0.2) is 0 Å². The highest BCUT2D eigenvalue weighted by Gasteiger charge is 2.03. The van der Waals surface area contributed by atoms with E-state index in [-0.39, 0.29) is 5.75 Å². The van der Waals surface area contributed by atoms with Gasteiger partial charge < -0.3 is 4.74 Å². The molecule has 0 radical (unpaired) electrons. The number of halogens is 1. The SMILES string of the molecule is O=S(=O)(Cl)CCCCCCOc1ccc2cccnc2c1. The summed E-state index contributed by atoms with van der Waals surface area (Å²) in [5, 5.41) is 1.09. The number of fused-ring (bicyclic) bond motifs is 1. The van der Waals surface area contributed by atoms with Crippen molar-refractivity contribution in [2.75, 3.05) is 12.4 Å². The Hall–Kier alpha value is -1.33. The average Bonchev–Trinajstić information content (AvgIpc) is 2.45. The number of hydrogen-bond donors (Lipinski definition) is 0. The molecule has 0 unspecified atom stereocenters.